The van der Waals surface area contributed by atoms with Crippen LogP contribution in [0, 0.1) is 0 Å². The molecule has 0 rings (SSSR count). The molecule has 0 aromatic heterocycles. The van der Waals surface area contributed by atoms with Crippen molar-refractivity contribution < 1.29 is 9.47 Å². The van der Waals surface area contributed by atoms with E-state index in [1.807, 2.05) is 6.92 Å². The summed E-state index contributed by atoms with van der Waals surface area (Å²) < 4.78 is 9.81. The van der Waals surface area contributed by atoms with Crippen LogP contribution in [-0.4, -0.2) is 26.6 Å². The van der Waals surface area contributed by atoms with Crippen molar-refractivity contribution in [2.45, 2.75) is 13.2 Å². The summed E-state index contributed by atoms with van der Waals surface area (Å²) in [5.41, 5.74) is 7.93. The van der Waals surface area contributed by atoms with Gasteiger partial charge in [0.15, 0.2) is 6.29 Å². The van der Waals surface area contributed by atoms with Crippen LogP contribution in [0.1, 0.15) is 6.92 Å². The molecule has 0 radical (unpaired) electrons. The van der Waals surface area contributed by atoms with Gasteiger partial charge in [0.2, 0.25) is 0 Å². The zero-order chi connectivity index (χ0) is 7.82. The molecule has 0 bridgehead atoms. The van der Waals surface area contributed by atoms with Gasteiger partial charge in [0.05, 0.1) is 6.54 Å². The van der Waals surface area contributed by atoms with Crippen LogP contribution < -0.4 is 0 Å². The number of hydrogen-bond donors (Lipinski definition) is 0. The molecule has 5 heteroatoms. The van der Waals surface area contributed by atoms with Crippen LogP contribution >= 0.6 is 0 Å². The summed E-state index contributed by atoms with van der Waals surface area (Å²) in [6, 6.07) is 0. The van der Waals surface area contributed by atoms with Crippen molar-refractivity contribution in [2.24, 2.45) is 5.11 Å². The van der Waals surface area contributed by atoms with Crippen molar-refractivity contribution >= 4 is 0 Å². The fraction of sp³-hybridized carbons (Fsp3) is 1.00. The van der Waals surface area contributed by atoms with E-state index >= 15 is 0 Å². The fourth-order valence-corrected chi connectivity index (χ4v) is 0.484. The molecule has 0 aromatic rings. The third-order valence-electron chi connectivity index (χ3n) is 0.909. The summed E-state index contributed by atoms with van der Waals surface area (Å²) >= 11 is 0. The van der Waals surface area contributed by atoms with Crippen LogP contribution in [0.3, 0.4) is 0 Å². The van der Waals surface area contributed by atoms with E-state index in [9.17, 15) is 0 Å². The molecular formula is C5H11N3O2. The van der Waals surface area contributed by atoms with Gasteiger partial charge in [-0.2, -0.15) is 0 Å². The lowest BCUT2D eigenvalue weighted by atomic mass is 10.6. The summed E-state index contributed by atoms with van der Waals surface area (Å²) in [5.74, 6) is 0. The smallest absolute Gasteiger partial charge is 0.162 e. The van der Waals surface area contributed by atoms with Crippen molar-refractivity contribution in [1.82, 2.24) is 0 Å². The van der Waals surface area contributed by atoms with Crippen LogP contribution in [0.15, 0.2) is 5.11 Å². The molecule has 0 spiro atoms. The third-order valence-corrected chi connectivity index (χ3v) is 0.909. The average Bonchev–Trinajstić information content (AvgIpc) is 1.98. The second kappa shape index (κ2) is 6.35. The van der Waals surface area contributed by atoms with Gasteiger partial charge < -0.3 is 9.47 Å². The standard InChI is InChI=1S/C5H11N3O2/c1-3-10-5(9-2)4-7-8-6/h5H,3-4H2,1-2H3. The average molecular weight is 145 g/mol. The summed E-state index contributed by atoms with van der Waals surface area (Å²) in [4.78, 5) is 2.57. The van der Waals surface area contributed by atoms with E-state index in [1.54, 1.807) is 0 Å². The highest BCUT2D eigenvalue weighted by molar-refractivity contribution is 4.49. The first kappa shape index (κ1) is 9.23. The second-order valence-corrected chi connectivity index (χ2v) is 1.53. The molecule has 1 atom stereocenters. The molecule has 0 aromatic carbocycles. The summed E-state index contributed by atoms with van der Waals surface area (Å²) in [7, 11) is 1.51. The number of rotatable bonds is 5. The van der Waals surface area contributed by atoms with Crippen LogP contribution in [0.2, 0.25) is 0 Å². The Balaban J connectivity index is 3.48. The van der Waals surface area contributed by atoms with Crippen molar-refractivity contribution in [3.05, 3.63) is 10.4 Å². The van der Waals surface area contributed by atoms with Gasteiger partial charge in [0.25, 0.3) is 0 Å². The Morgan fingerprint density at radius 2 is 2.40 bits per heavy atom. The molecule has 0 fully saturated rings. The minimum atomic E-state index is -0.402. The first-order valence-corrected chi connectivity index (χ1v) is 3.00. The molecule has 0 N–H and O–H groups in total. The van der Waals surface area contributed by atoms with Crippen molar-refractivity contribution in [1.29, 1.82) is 0 Å². The number of methoxy groups -OCH3 is 1. The number of ether oxygens (including phenoxy) is 2. The van der Waals surface area contributed by atoms with Crippen LogP contribution in [0.5, 0.6) is 0 Å². The molecular weight excluding hydrogens is 134 g/mol. The highest BCUT2D eigenvalue weighted by atomic mass is 16.7. The van der Waals surface area contributed by atoms with Crippen molar-refractivity contribution in [2.75, 3.05) is 20.3 Å². The topological polar surface area (TPSA) is 67.2 Å². The quantitative estimate of drug-likeness (QED) is 0.253. The minimum absolute atomic E-state index is 0.223. The van der Waals surface area contributed by atoms with Crippen molar-refractivity contribution in [3.8, 4) is 0 Å². The van der Waals surface area contributed by atoms with Gasteiger partial charge in [-0.25, -0.2) is 0 Å². The Hall–Kier alpha value is -0.770. The first-order chi connectivity index (χ1) is 4.85. The van der Waals surface area contributed by atoms with Gasteiger partial charge in [-0.15, -0.1) is 0 Å². The van der Waals surface area contributed by atoms with Gasteiger partial charge in [-0.1, -0.05) is 5.11 Å². The Kier molecular flexibility index (Phi) is 5.86. The van der Waals surface area contributed by atoms with E-state index in [0.29, 0.717) is 6.61 Å². The lowest BCUT2D eigenvalue weighted by Gasteiger charge is -2.10. The molecule has 0 aliphatic heterocycles. The van der Waals surface area contributed by atoms with Crippen LogP contribution in [0.25, 0.3) is 10.4 Å². The van der Waals surface area contributed by atoms with E-state index in [-0.39, 0.29) is 6.54 Å². The zero-order valence-electron chi connectivity index (χ0n) is 6.15. The second-order valence-electron chi connectivity index (χ2n) is 1.53. The number of azide groups is 1. The van der Waals surface area contributed by atoms with Crippen molar-refractivity contribution in [3.63, 3.8) is 0 Å². The summed E-state index contributed by atoms with van der Waals surface area (Å²) in [5, 5.41) is 3.29. The SMILES string of the molecule is CCOC(CN=[N+]=[N-])OC. The van der Waals surface area contributed by atoms with Crippen LogP contribution in [0.4, 0.5) is 0 Å². The van der Waals surface area contributed by atoms with E-state index in [2.05, 4.69) is 10.0 Å². The molecule has 0 amide bonds. The molecule has 0 saturated heterocycles. The molecule has 10 heavy (non-hydrogen) atoms. The van der Waals surface area contributed by atoms with E-state index in [4.69, 9.17) is 15.0 Å². The number of nitrogens with zero attached hydrogens (tertiary/aromatic N) is 3. The maximum Gasteiger partial charge on any atom is 0.162 e. The Morgan fingerprint density at radius 3 is 2.80 bits per heavy atom. The summed E-state index contributed by atoms with van der Waals surface area (Å²) in [6.45, 7) is 2.63. The third kappa shape index (κ3) is 4.14. The van der Waals surface area contributed by atoms with E-state index in [1.165, 1.54) is 7.11 Å². The predicted molar refractivity (Wildman–Crippen MR) is 36.4 cm³/mol. The summed E-state index contributed by atoms with van der Waals surface area (Å²) in [6.07, 6.45) is -0.402. The Labute approximate surface area is 59.6 Å². The normalized spacial score (nSPS) is 12.2. The Bertz CT molecular complexity index is 122. The molecule has 0 saturated carbocycles. The van der Waals surface area contributed by atoms with E-state index in [0.717, 1.165) is 0 Å². The minimum Gasteiger partial charge on any atom is -0.356 e. The van der Waals surface area contributed by atoms with Gasteiger partial charge in [-0.3, -0.25) is 0 Å². The van der Waals surface area contributed by atoms with Gasteiger partial charge >= 0.3 is 0 Å². The Morgan fingerprint density at radius 1 is 1.70 bits per heavy atom. The molecule has 1 unspecified atom stereocenters. The predicted octanol–water partition coefficient (Wildman–Crippen LogP) is 1.31. The van der Waals surface area contributed by atoms with Gasteiger partial charge in [0, 0.05) is 18.6 Å². The molecule has 58 valence electrons. The maximum atomic E-state index is 7.93. The van der Waals surface area contributed by atoms with Gasteiger partial charge in [0.1, 0.15) is 0 Å². The largest absolute Gasteiger partial charge is 0.356 e. The van der Waals surface area contributed by atoms with E-state index < -0.39 is 6.29 Å². The lowest BCUT2D eigenvalue weighted by Crippen LogP contribution is -2.18. The molecule has 5 nitrogen and oxygen atoms in total. The molecule has 0 aliphatic carbocycles. The first-order valence-electron chi connectivity index (χ1n) is 3.00. The molecule has 0 heterocycles. The fourth-order valence-electron chi connectivity index (χ4n) is 0.484. The maximum absolute atomic E-state index is 7.93. The monoisotopic (exact) mass is 145 g/mol. The highest BCUT2D eigenvalue weighted by Crippen LogP contribution is 1.92. The lowest BCUT2D eigenvalue weighted by molar-refractivity contribution is -0.112. The number of hydrogen-bond acceptors (Lipinski definition) is 3. The highest BCUT2D eigenvalue weighted by Gasteiger charge is 2.02. The zero-order valence-corrected chi connectivity index (χ0v) is 6.15. The van der Waals surface area contributed by atoms with Crippen LogP contribution in [-0.2, 0) is 9.47 Å². The van der Waals surface area contributed by atoms with Gasteiger partial charge in [-0.05, 0) is 12.5 Å². The molecule has 0 aliphatic rings.